The van der Waals surface area contributed by atoms with Crippen molar-refractivity contribution >= 4 is 18.2 Å². The highest BCUT2D eigenvalue weighted by molar-refractivity contribution is 5.94. The number of cyclic esters (lactones) is 1. The first kappa shape index (κ1) is 31.8. The summed E-state index contributed by atoms with van der Waals surface area (Å²) in [5, 5.41) is 0. The van der Waals surface area contributed by atoms with Crippen LogP contribution in [0, 0.1) is 11.7 Å². The van der Waals surface area contributed by atoms with Gasteiger partial charge in [0.25, 0.3) is 0 Å². The van der Waals surface area contributed by atoms with Gasteiger partial charge in [-0.2, -0.15) is 4.90 Å². The Morgan fingerprint density at radius 1 is 0.950 bits per heavy atom. The molecule has 0 spiro atoms. The van der Waals surface area contributed by atoms with Crippen molar-refractivity contribution in [2.75, 3.05) is 13.2 Å². The minimum Gasteiger partial charge on any atom is -0.458 e. The lowest BCUT2D eigenvalue weighted by Gasteiger charge is -2.33. The van der Waals surface area contributed by atoms with E-state index in [1.807, 2.05) is 0 Å². The van der Waals surface area contributed by atoms with Crippen LogP contribution in [-0.4, -0.2) is 71.8 Å². The highest BCUT2D eigenvalue weighted by atomic mass is 19.1. The number of benzene rings is 1. The number of imide groups is 1. The molecule has 0 N–H and O–H groups in total. The molecule has 10 heteroatoms. The number of ether oxygens (including phenoxy) is 5. The third kappa shape index (κ3) is 9.44. The van der Waals surface area contributed by atoms with Gasteiger partial charge in [0, 0.05) is 5.92 Å². The number of halogens is 1. The van der Waals surface area contributed by atoms with Gasteiger partial charge in [-0.15, -0.1) is 0 Å². The van der Waals surface area contributed by atoms with Crippen molar-refractivity contribution in [3.8, 4) is 0 Å². The van der Waals surface area contributed by atoms with Crippen LogP contribution in [0.3, 0.4) is 0 Å². The van der Waals surface area contributed by atoms with Crippen LogP contribution in [0.5, 0.6) is 0 Å². The monoisotopic (exact) mass is 565 g/mol. The third-order valence-electron chi connectivity index (χ3n) is 6.66. The summed E-state index contributed by atoms with van der Waals surface area (Å²) in [6, 6.07) is 4.78. The SMILES string of the molecule is C[C@@H]1OC(=O)[C@@H](N(C(=O)OC(C)(C)C)C(=O)OC(C)(C)C)COC[C@H](Cc2ccc(F)cc2)[C@H]1OC1CCCC1. The van der Waals surface area contributed by atoms with E-state index in [9.17, 15) is 18.8 Å². The second-order valence-electron chi connectivity index (χ2n) is 12.6. The van der Waals surface area contributed by atoms with Gasteiger partial charge in [-0.3, -0.25) is 0 Å². The lowest BCUT2D eigenvalue weighted by Crippen LogP contribution is -2.54. The third-order valence-corrected chi connectivity index (χ3v) is 6.66. The van der Waals surface area contributed by atoms with Crippen molar-refractivity contribution < 1.29 is 42.5 Å². The van der Waals surface area contributed by atoms with Crippen LogP contribution < -0.4 is 0 Å². The Bertz CT molecular complexity index is 982. The molecule has 1 aromatic carbocycles. The van der Waals surface area contributed by atoms with Crippen LogP contribution in [-0.2, 0) is 34.9 Å². The first-order valence-electron chi connectivity index (χ1n) is 14.1. The number of carbonyl (C=O) groups excluding carboxylic acids is 3. The highest BCUT2D eigenvalue weighted by Gasteiger charge is 2.44. The normalized spacial score (nSPS) is 24.9. The van der Waals surface area contributed by atoms with Crippen molar-refractivity contribution in [3.63, 3.8) is 0 Å². The van der Waals surface area contributed by atoms with E-state index in [4.69, 9.17) is 23.7 Å². The summed E-state index contributed by atoms with van der Waals surface area (Å²) >= 11 is 0. The van der Waals surface area contributed by atoms with E-state index in [0.717, 1.165) is 31.2 Å². The van der Waals surface area contributed by atoms with Crippen LogP contribution in [0.15, 0.2) is 24.3 Å². The molecule has 4 atom stereocenters. The number of amides is 2. The molecule has 9 nitrogen and oxygen atoms in total. The number of nitrogens with zero attached hydrogens (tertiary/aromatic N) is 1. The zero-order valence-corrected chi connectivity index (χ0v) is 24.7. The molecule has 0 bridgehead atoms. The molecule has 2 fully saturated rings. The highest BCUT2D eigenvalue weighted by Crippen LogP contribution is 2.30. The van der Waals surface area contributed by atoms with Gasteiger partial charge in [0.15, 0.2) is 6.04 Å². The summed E-state index contributed by atoms with van der Waals surface area (Å²) in [7, 11) is 0. The largest absolute Gasteiger partial charge is 0.458 e. The molecular formula is C30H44FNO8. The molecule has 2 amide bonds. The topological polar surface area (TPSA) is 101 Å². The fraction of sp³-hybridized carbons (Fsp3) is 0.700. The summed E-state index contributed by atoms with van der Waals surface area (Å²) in [6.07, 6.45) is 1.14. The minimum atomic E-state index is -1.44. The van der Waals surface area contributed by atoms with Crippen LogP contribution in [0.1, 0.15) is 79.7 Å². The Morgan fingerprint density at radius 3 is 2.02 bits per heavy atom. The maximum absolute atomic E-state index is 13.6. The Balaban J connectivity index is 1.91. The van der Waals surface area contributed by atoms with Gasteiger partial charge in [0.2, 0.25) is 0 Å². The summed E-state index contributed by atoms with van der Waals surface area (Å²) in [5.41, 5.74) is -0.989. The summed E-state index contributed by atoms with van der Waals surface area (Å²) in [4.78, 5) is 40.6. The van der Waals surface area contributed by atoms with Gasteiger partial charge in [0.05, 0.1) is 25.4 Å². The average molecular weight is 566 g/mol. The second-order valence-corrected chi connectivity index (χ2v) is 12.6. The standard InChI is InChI=1S/C30H44FNO8/c1-19-25(38-23-10-8-9-11-23)21(16-20-12-14-22(31)15-13-20)17-36-18-24(26(33)37-19)32(27(34)39-29(2,3)4)28(35)40-30(5,6)7/h12-15,19,21,23-25H,8-11,16-18H2,1-7H3/t19-,21-,24-,25-/m0/s1. The van der Waals surface area contributed by atoms with E-state index in [0.29, 0.717) is 11.3 Å². The predicted octanol–water partition coefficient (Wildman–Crippen LogP) is 5.81. The van der Waals surface area contributed by atoms with Crippen molar-refractivity contribution in [2.24, 2.45) is 5.92 Å². The van der Waals surface area contributed by atoms with E-state index in [1.54, 1.807) is 60.6 Å². The molecule has 1 saturated carbocycles. The Morgan fingerprint density at radius 2 is 1.50 bits per heavy atom. The van der Waals surface area contributed by atoms with Gasteiger partial charge < -0.3 is 23.7 Å². The minimum absolute atomic E-state index is 0.0263. The molecule has 0 radical (unpaired) electrons. The summed E-state index contributed by atoms with van der Waals surface area (Å²) in [6.45, 7) is 11.5. The van der Waals surface area contributed by atoms with Gasteiger partial charge in [0.1, 0.15) is 23.1 Å². The van der Waals surface area contributed by atoms with Crippen molar-refractivity contribution in [1.82, 2.24) is 4.90 Å². The summed E-state index contributed by atoms with van der Waals surface area (Å²) < 4.78 is 42.9. The number of carbonyl (C=O) groups is 3. The number of esters is 1. The van der Waals surface area contributed by atoms with Crippen molar-refractivity contribution in [3.05, 3.63) is 35.6 Å². The lowest BCUT2D eigenvalue weighted by molar-refractivity contribution is -0.167. The fourth-order valence-corrected chi connectivity index (χ4v) is 4.90. The van der Waals surface area contributed by atoms with Crippen LogP contribution in [0.4, 0.5) is 14.0 Å². The maximum Gasteiger partial charge on any atom is 0.420 e. The lowest BCUT2D eigenvalue weighted by atomic mass is 9.91. The predicted molar refractivity (Wildman–Crippen MR) is 145 cm³/mol. The van der Waals surface area contributed by atoms with Crippen LogP contribution in [0.2, 0.25) is 0 Å². The molecule has 224 valence electrons. The zero-order chi connectivity index (χ0) is 29.7. The molecule has 40 heavy (non-hydrogen) atoms. The molecule has 1 aromatic rings. The molecule has 0 unspecified atom stereocenters. The quantitative estimate of drug-likeness (QED) is 0.326. The van der Waals surface area contributed by atoms with Gasteiger partial charge in [-0.1, -0.05) is 25.0 Å². The first-order valence-corrected chi connectivity index (χ1v) is 14.1. The number of hydrogen-bond donors (Lipinski definition) is 0. The molecule has 0 aromatic heterocycles. The van der Waals surface area contributed by atoms with E-state index >= 15 is 0 Å². The first-order chi connectivity index (χ1) is 18.6. The summed E-state index contributed by atoms with van der Waals surface area (Å²) in [5.74, 6) is -1.40. The van der Waals surface area contributed by atoms with E-state index < -0.39 is 47.6 Å². The molecule has 1 heterocycles. The van der Waals surface area contributed by atoms with Gasteiger partial charge >= 0.3 is 18.2 Å². The smallest absolute Gasteiger partial charge is 0.420 e. The zero-order valence-electron chi connectivity index (χ0n) is 24.7. The molecule has 3 rings (SSSR count). The fourth-order valence-electron chi connectivity index (χ4n) is 4.90. The van der Waals surface area contributed by atoms with Crippen LogP contribution >= 0.6 is 0 Å². The van der Waals surface area contributed by atoms with E-state index in [-0.39, 0.29) is 31.1 Å². The molecule has 1 aliphatic carbocycles. The van der Waals surface area contributed by atoms with Gasteiger partial charge in [-0.05, 0) is 85.4 Å². The van der Waals surface area contributed by atoms with E-state index in [2.05, 4.69) is 0 Å². The maximum atomic E-state index is 13.6. The van der Waals surface area contributed by atoms with Crippen molar-refractivity contribution in [2.45, 2.75) is 116 Å². The van der Waals surface area contributed by atoms with Gasteiger partial charge in [-0.25, -0.2) is 18.8 Å². The molecule has 1 saturated heterocycles. The second kappa shape index (κ2) is 13.3. The Labute approximate surface area is 236 Å². The average Bonchev–Trinajstić information content (AvgIpc) is 3.34. The number of hydrogen-bond acceptors (Lipinski definition) is 8. The Kier molecular flexibility index (Phi) is 10.6. The molecular weight excluding hydrogens is 521 g/mol. The van der Waals surface area contributed by atoms with Crippen LogP contribution in [0.25, 0.3) is 0 Å². The molecule has 1 aliphatic heterocycles. The Hall–Kier alpha value is -2.72. The van der Waals surface area contributed by atoms with Crippen molar-refractivity contribution in [1.29, 1.82) is 0 Å². The molecule has 2 aliphatic rings. The van der Waals surface area contributed by atoms with E-state index in [1.165, 1.54) is 12.1 Å². The number of rotatable bonds is 5.